The molecule has 4 nitrogen and oxygen atoms in total. The van der Waals surface area contributed by atoms with Crippen LogP contribution in [0.1, 0.15) is 17.4 Å². The Kier molecular flexibility index (Phi) is 3.42. The van der Waals surface area contributed by atoms with Crippen LogP contribution in [0.3, 0.4) is 0 Å². The third kappa shape index (κ3) is 2.05. The predicted molar refractivity (Wildman–Crippen MR) is 64.2 cm³/mol. The van der Waals surface area contributed by atoms with Gasteiger partial charge in [-0.3, -0.25) is 4.79 Å². The molecule has 0 radical (unpaired) electrons. The van der Waals surface area contributed by atoms with E-state index in [-0.39, 0.29) is 11.9 Å². The Morgan fingerprint density at radius 2 is 2.25 bits per heavy atom. The Balaban J connectivity index is 2.15. The van der Waals surface area contributed by atoms with Gasteiger partial charge < -0.3 is 15.2 Å². The predicted octanol–water partition coefficient (Wildman–Crippen LogP) is 1.76. The minimum absolute atomic E-state index is 0.0530. The monoisotopic (exact) mass is 261 g/mol. The Morgan fingerprint density at radius 1 is 1.56 bits per heavy atom. The fourth-order valence-corrected chi connectivity index (χ4v) is 2.05. The standard InChI is InChI=1S/C10H13Cl2N3O/c1-2-15(6-4-13-5-6)10(16)8-3-7(11)9(12)14-8/h3,6,13-14H,2,4-5H2,1H3. The van der Waals surface area contributed by atoms with Crippen LogP contribution >= 0.6 is 23.2 Å². The number of amides is 1. The van der Waals surface area contributed by atoms with E-state index < -0.39 is 0 Å². The number of rotatable bonds is 3. The molecule has 1 aromatic rings. The largest absolute Gasteiger partial charge is 0.340 e. The van der Waals surface area contributed by atoms with E-state index in [4.69, 9.17) is 23.2 Å². The van der Waals surface area contributed by atoms with E-state index in [1.54, 1.807) is 6.07 Å². The van der Waals surface area contributed by atoms with Gasteiger partial charge >= 0.3 is 0 Å². The fourth-order valence-electron chi connectivity index (χ4n) is 1.74. The van der Waals surface area contributed by atoms with E-state index in [1.165, 1.54) is 0 Å². The maximum Gasteiger partial charge on any atom is 0.270 e. The first-order chi connectivity index (χ1) is 7.63. The number of likely N-dealkylation sites (N-methyl/N-ethyl adjacent to an activating group) is 1. The maximum atomic E-state index is 12.1. The lowest BCUT2D eigenvalue weighted by molar-refractivity contribution is 0.0625. The topological polar surface area (TPSA) is 48.1 Å². The summed E-state index contributed by atoms with van der Waals surface area (Å²) in [6.07, 6.45) is 0. The van der Waals surface area contributed by atoms with E-state index in [2.05, 4.69) is 10.3 Å². The number of H-pyrrole nitrogens is 1. The molecule has 0 bridgehead atoms. The molecule has 88 valence electrons. The Labute approximate surface area is 104 Å². The van der Waals surface area contributed by atoms with Crippen molar-refractivity contribution in [2.75, 3.05) is 19.6 Å². The van der Waals surface area contributed by atoms with Crippen molar-refractivity contribution in [2.24, 2.45) is 0 Å². The van der Waals surface area contributed by atoms with E-state index in [0.717, 1.165) is 13.1 Å². The molecule has 1 aliphatic rings. The number of carbonyl (C=O) groups is 1. The maximum absolute atomic E-state index is 12.1. The fraction of sp³-hybridized carbons (Fsp3) is 0.500. The summed E-state index contributed by atoms with van der Waals surface area (Å²) in [5.74, 6) is -0.0530. The van der Waals surface area contributed by atoms with Gasteiger partial charge in [0, 0.05) is 19.6 Å². The van der Waals surface area contributed by atoms with Crippen molar-refractivity contribution < 1.29 is 4.79 Å². The number of hydrogen-bond acceptors (Lipinski definition) is 2. The van der Waals surface area contributed by atoms with Crippen molar-refractivity contribution in [1.82, 2.24) is 15.2 Å². The van der Waals surface area contributed by atoms with Gasteiger partial charge in [0.05, 0.1) is 11.1 Å². The molecule has 1 fully saturated rings. The molecule has 2 N–H and O–H groups in total. The summed E-state index contributed by atoms with van der Waals surface area (Å²) in [5, 5.41) is 3.84. The smallest absolute Gasteiger partial charge is 0.270 e. The minimum atomic E-state index is -0.0530. The average molecular weight is 262 g/mol. The molecule has 0 spiro atoms. The van der Waals surface area contributed by atoms with Gasteiger partial charge in [0.15, 0.2) is 0 Å². The van der Waals surface area contributed by atoms with Gasteiger partial charge in [-0.1, -0.05) is 23.2 Å². The molecule has 0 unspecified atom stereocenters. The number of aromatic amines is 1. The molecule has 0 aromatic carbocycles. The zero-order chi connectivity index (χ0) is 11.7. The summed E-state index contributed by atoms with van der Waals surface area (Å²) >= 11 is 11.6. The second-order valence-corrected chi connectivity index (χ2v) is 4.53. The molecule has 1 aromatic heterocycles. The van der Waals surface area contributed by atoms with Crippen LogP contribution < -0.4 is 5.32 Å². The summed E-state index contributed by atoms with van der Waals surface area (Å²) in [6.45, 7) is 4.34. The van der Waals surface area contributed by atoms with Crippen molar-refractivity contribution in [3.63, 3.8) is 0 Å². The molecule has 2 heterocycles. The third-order valence-corrected chi connectivity index (χ3v) is 3.45. The van der Waals surface area contributed by atoms with Gasteiger partial charge in [0.25, 0.3) is 5.91 Å². The number of aromatic nitrogens is 1. The van der Waals surface area contributed by atoms with Gasteiger partial charge in [-0.2, -0.15) is 0 Å². The molecule has 1 amide bonds. The normalized spacial score (nSPS) is 15.9. The number of nitrogens with zero attached hydrogens (tertiary/aromatic N) is 1. The van der Waals surface area contributed by atoms with E-state index >= 15 is 0 Å². The summed E-state index contributed by atoms with van der Waals surface area (Å²) in [4.78, 5) is 16.7. The highest BCUT2D eigenvalue weighted by molar-refractivity contribution is 6.41. The van der Waals surface area contributed by atoms with Crippen molar-refractivity contribution in [3.8, 4) is 0 Å². The molecule has 2 rings (SSSR count). The van der Waals surface area contributed by atoms with Gasteiger partial charge in [-0.25, -0.2) is 0 Å². The van der Waals surface area contributed by atoms with Crippen LogP contribution in [0.2, 0.25) is 10.2 Å². The van der Waals surface area contributed by atoms with Crippen molar-refractivity contribution in [3.05, 3.63) is 21.9 Å². The van der Waals surface area contributed by atoms with Crippen molar-refractivity contribution in [1.29, 1.82) is 0 Å². The molecule has 0 atom stereocenters. The second kappa shape index (κ2) is 4.65. The summed E-state index contributed by atoms with van der Waals surface area (Å²) in [5.41, 5.74) is 0.448. The van der Waals surface area contributed by atoms with Crippen molar-refractivity contribution >= 4 is 29.1 Å². The first-order valence-electron chi connectivity index (χ1n) is 5.19. The molecule has 1 aliphatic heterocycles. The number of nitrogens with one attached hydrogen (secondary N) is 2. The highest BCUT2D eigenvalue weighted by Gasteiger charge is 2.28. The van der Waals surface area contributed by atoms with Crippen LogP contribution in [0.4, 0.5) is 0 Å². The van der Waals surface area contributed by atoms with E-state index in [0.29, 0.717) is 22.4 Å². The van der Waals surface area contributed by atoms with E-state index in [1.807, 2.05) is 11.8 Å². The Hall–Kier alpha value is -0.710. The number of hydrogen-bond donors (Lipinski definition) is 2. The SMILES string of the molecule is CCN(C(=O)c1cc(Cl)c(Cl)[nH]1)C1CNC1. The van der Waals surface area contributed by atoms with Gasteiger partial charge in [0.2, 0.25) is 0 Å². The van der Waals surface area contributed by atoms with Crippen LogP contribution in [-0.4, -0.2) is 41.5 Å². The Morgan fingerprint density at radius 3 is 2.62 bits per heavy atom. The molecule has 0 saturated carbocycles. The first kappa shape index (κ1) is 11.8. The lowest BCUT2D eigenvalue weighted by atomic mass is 10.1. The third-order valence-electron chi connectivity index (χ3n) is 2.76. The lowest BCUT2D eigenvalue weighted by Gasteiger charge is -2.37. The highest BCUT2D eigenvalue weighted by atomic mass is 35.5. The second-order valence-electron chi connectivity index (χ2n) is 3.75. The summed E-state index contributed by atoms with van der Waals surface area (Å²) < 4.78 is 0. The van der Waals surface area contributed by atoms with Gasteiger partial charge in [-0.05, 0) is 13.0 Å². The van der Waals surface area contributed by atoms with Crippen LogP contribution in [0, 0.1) is 0 Å². The zero-order valence-corrected chi connectivity index (χ0v) is 10.4. The zero-order valence-electron chi connectivity index (χ0n) is 8.89. The van der Waals surface area contributed by atoms with Crippen LogP contribution in [0.15, 0.2) is 6.07 Å². The highest BCUT2D eigenvalue weighted by Crippen LogP contribution is 2.23. The minimum Gasteiger partial charge on any atom is -0.340 e. The summed E-state index contributed by atoms with van der Waals surface area (Å²) in [6, 6.07) is 1.85. The molecule has 16 heavy (non-hydrogen) atoms. The molecule has 6 heteroatoms. The molecular formula is C10H13Cl2N3O. The van der Waals surface area contributed by atoms with E-state index in [9.17, 15) is 4.79 Å². The quantitative estimate of drug-likeness (QED) is 0.871. The van der Waals surface area contributed by atoms with Gasteiger partial charge in [0.1, 0.15) is 10.8 Å². The molecular weight excluding hydrogens is 249 g/mol. The van der Waals surface area contributed by atoms with Crippen LogP contribution in [0.25, 0.3) is 0 Å². The molecule has 0 aliphatic carbocycles. The van der Waals surface area contributed by atoms with Crippen molar-refractivity contribution in [2.45, 2.75) is 13.0 Å². The average Bonchev–Trinajstić information content (AvgIpc) is 2.52. The van der Waals surface area contributed by atoms with Crippen LogP contribution in [0.5, 0.6) is 0 Å². The molecule has 1 saturated heterocycles. The van der Waals surface area contributed by atoms with Gasteiger partial charge in [-0.15, -0.1) is 0 Å². The summed E-state index contributed by atoms with van der Waals surface area (Å²) in [7, 11) is 0. The lowest BCUT2D eigenvalue weighted by Crippen LogP contribution is -2.58. The number of carbonyl (C=O) groups excluding carboxylic acids is 1. The van der Waals surface area contributed by atoms with Crippen LogP contribution in [-0.2, 0) is 0 Å². The Bertz CT molecular complexity index is 381. The number of halogens is 2. The first-order valence-corrected chi connectivity index (χ1v) is 5.94.